The maximum Gasteiger partial charge on any atom is 0.230 e. The van der Waals surface area contributed by atoms with Crippen LogP contribution in [-0.4, -0.2) is 54.9 Å². The van der Waals surface area contributed by atoms with Gasteiger partial charge in [0, 0.05) is 13.1 Å². The van der Waals surface area contributed by atoms with Crippen LogP contribution >= 0.6 is 0 Å². The third-order valence-corrected chi connectivity index (χ3v) is 4.35. The first-order valence-electron chi connectivity index (χ1n) is 6.93. The number of aliphatic hydroxyl groups is 1. The molecule has 0 radical (unpaired) electrons. The lowest BCUT2D eigenvalue weighted by molar-refractivity contribution is -0.154. The number of morpholine rings is 1. The smallest absolute Gasteiger partial charge is 0.230 e. The van der Waals surface area contributed by atoms with Crippen molar-refractivity contribution in [2.45, 2.75) is 38.1 Å². The first-order valence-corrected chi connectivity index (χ1v) is 6.93. The molecule has 0 spiro atoms. The van der Waals surface area contributed by atoms with Gasteiger partial charge in [-0.2, -0.15) is 0 Å². The first-order chi connectivity index (χ1) is 8.73. The number of carbonyl (C=O) groups excluding carboxylic acids is 1. The van der Waals surface area contributed by atoms with E-state index >= 15 is 0 Å². The zero-order chi connectivity index (χ0) is 13.0. The second kappa shape index (κ2) is 5.99. The lowest BCUT2D eigenvalue weighted by Crippen LogP contribution is -2.57. The van der Waals surface area contributed by atoms with Gasteiger partial charge in [-0.05, 0) is 12.8 Å². The van der Waals surface area contributed by atoms with Crippen LogP contribution in [0.25, 0.3) is 0 Å². The molecule has 1 aliphatic heterocycles. The molecular weight excluding hydrogens is 232 g/mol. The van der Waals surface area contributed by atoms with E-state index in [4.69, 9.17) is 10.5 Å². The van der Waals surface area contributed by atoms with Crippen molar-refractivity contribution in [2.75, 3.05) is 32.9 Å². The molecule has 5 heteroatoms. The maximum atomic E-state index is 12.8. The molecule has 18 heavy (non-hydrogen) atoms. The van der Waals surface area contributed by atoms with E-state index in [0.717, 1.165) is 25.7 Å². The number of aliphatic hydroxyl groups excluding tert-OH is 1. The van der Waals surface area contributed by atoms with Gasteiger partial charge in [-0.1, -0.05) is 19.3 Å². The number of carbonyl (C=O) groups is 1. The van der Waals surface area contributed by atoms with Crippen LogP contribution in [0.3, 0.4) is 0 Å². The van der Waals surface area contributed by atoms with Gasteiger partial charge in [0.25, 0.3) is 0 Å². The Morgan fingerprint density at radius 1 is 1.39 bits per heavy atom. The van der Waals surface area contributed by atoms with E-state index < -0.39 is 0 Å². The van der Waals surface area contributed by atoms with E-state index in [0.29, 0.717) is 26.3 Å². The first kappa shape index (κ1) is 13.8. The molecule has 0 aromatic heterocycles. The van der Waals surface area contributed by atoms with Crippen LogP contribution in [0.15, 0.2) is 0 Å². The van der Waals surface area contributed by atoms with Crippen molar-refractivity contribution in [3.05, 3.63) is 0 Å². The largest absolute Gasteiger partial charge is 0.394 e. The number of hydrogen-bond donors (Lipinski definition) is 2. The van der Waals surface area contributed by atoms with Crippen molar-refractivity contribution < 1.29 is 14.6 Å². The highest BCUT2D eigenvalue weighted by Gasteiger charge is 2.43. The monoisotopic (exact) mass is 256 g/mol. The minimum absolute atomic E-state index is 0.0353. The van der Waals surface area contributed by atoms with Gasteiger partial charge in [0.2, 0.25) is 5.91 Å². The number of ether oxygens (including phenoxy) is 1. The summed E-state index contributed by atoms with van der Waals surface area (Å²) in [7, 11) is 0. The van der Waals surface area contributed by atoms with Crippen LogP contribution in [-0.2, 0) is 9.53 Å². The molecule has 2 fully saturated rings. The molecule has 1 saturated heterocycles. The summed E-state index contributed by atoms with van der Waals surface area (Å²) in [5.41, 5.74) is 5.51. The van der Waals surface area contributed by atoms with Gasteiger partial charge in [0.1, 0.15) is 0 Å². The Labute approximate surface area is 108 Å². The number of nitrogens with two attached hydrogens (primary N) is 1. The van der Waals surface area contributed by atoms with E-state index in [1.807, 2.05) is 0 Å². The number of rotatable bonds is 3. The second-order valence-electron chi connectivity index (χ2n) is 5.45. The Morgan fingerprint density at radius 2 is 2.11 bits per heavy atom. The molecule has 1 saturated carbocycles. The fraction of sp³-hybridized carbons (Fsp3) is 0.923. The number of amides is 1. The minimum atomic E-state index is -0.386. The quantitative estimate of drug-likeness (QED) is 0.752. The summed E-state index contributed by atoms with van der Waals surface area (Å²) in [6, 6.07) is -0.198. The molecular formula is C13H24N2O3. The summed E-state index contributed by atoms with van der Waals surface area (Å²) >= 11 is 0. The minimum Gasteiger partial charge on any atom is -0.394 e. The second-order valence-corrected chi connectivity index (χ2v) is 5.45. The third-order valence-electron chi connectivity index (χ3n) is 4.35. The fourth-order valence-electron chi connectivity index (χ4n) is 3.11. The van der Waals surface area contributed by atoms with Crippen LogP contribution in [0.5, 0.6) is 0 Å². The molecule has 2 rings (SSSR count). The van der Waals surface area contributed by atoms with Crippen molar-refractivity contribution in [1.82, 2.24) is 4.90 Å². The van der Waals surface area contributed by atoms with E-state index in [1.54, 1.807) is 4.90 Å². The molecule has 0 aromatic carbocycles. The Balaban J connectivity index is 2.11. The van der Waals surface area contributed by atoms with Crippen LogP contribution in [0.1, 0.15) is 32.1 Å². The van der Waals surface area contributed by atoms with Gasteiger partial charge < -0.3 is 20.5 Å². The van der Waals surface area contributed by atoms with Gasteiger partial charge >= 0.3 is 0 Å². The van der Waals surface area contributed by atoms with Gasteiger partial charge in [-0.3, -0.25) is 4.79 Å². The van der Waals surface area contributed by atoms with Crippen LogP contribution in [0, 0.1) is 5.41 Å². The van der Waals surface area contributed by atoms with Crippen molar-refractivity contribution in [1.29, 1.82) is 0 Å². The van der Waals surface area contributed by atoms with Crippen molar-refractivity contribution >= 4 is 5.91 Å². The Morgan fingerprint density at radius 3 is 2.72 bits per heavy atom. The zero-order valence-corrected chi connectivity index (χ0v) is 10.9. The SMILES string of the molecule is NCC1(C(=O)N2CCOCC2CO)CCCCC1. The summed E-state index contributed by atoms with van der Waals surface area (Å²) < 4.78 is 5.32. The molecule has 1 atom stereocenters. The highest BCUT2D eigenvalue weighted by molar-refractivity contribution is 5.83. The van der Waals surface area contributed by atoms with E-state index in [1.165, 1.54) is 6.42 Å². The number of hydrogen-bond acceptors (Lipinski definition) is 4. The van der Waals surface area contributed by atoms with E-state index in [2.05, 4.69) is 0 Å². The summed E-state index contributed by atoms with van der Waals surface area (Å²) in [6.07, 6.45) is 5.13. The molecule has 2 aliphatic rings. The maximum absolute atomic E-state index is 12.8. The summed E-state index contributed by atoms with van der Waals surface area (Å²) in [4.78, 5) is 14.5. The third kappa shape index (κ3) is 2.53. The molecule has 1 heterocycles. The molecule has 0 aromatic rings. The molecule has 1 amide bonds. The van der Waals surface area contributed by atoms with Crippen molar-refractivity contribution in [2.24, 2.45) is 11.1 Å². The Kier molecular flexibility index (Phi) is 4.59. The summed E-state index contributed by atoms with van der Waals surface area (Å²) in [5, 5.41) is 9.36. The molecule has 3 N–H and O–H groups in total. The topological polar surface area (TPSA) is 75.8 Å². The van der Waals surface area contributed by atoms with Crippen molar-refractivity contribution in [3.63, 3.8) is 0 Å². The van der Waals surface area contributed by atoms with Crippen LogP contribution in [0.2, 0.25) is 0 Å². The highest BCUT2D eigenvalue weighted by Crippen LogP contribution is 2.37. The lowest BCUT2D eigenvalue weighted by Gasteiger charge is -2.43. The average molecular weight is 256 g/mol. The standard InChI is InChI=1S/C13H24N2O3/c14-10-13(4-2-1-3-5-13)12(17)15-6-7-18-9-11(15)8-16/h11,16H,1-10,14H2. The Hall–Kier alpha value is -0.650. The lowest BCUT2D eigenvalue weighted by atomic mass is 9.72. The predicted molar refractivity (Wildman–Crippen MR) is 68.0 cm³/mol. The zero-order valence-electron chi connectivity index (χ0n) is 10.9. The normalized spacial score (nSPS) is 28.1. The Bertz CT molecular complexity index is 290. The molecule has 5 nitrogen and oxygen atoms in total. The van der Waals surface area contributed by atoms with Gasteiger partial charge in [0.05, 0.1) is 31.3 Å². The summed E-state index contributed by atoms with van der Waals surface area (Å²) in [5.74, 6) is 0.132. The summed E-state index contributed by atoms with van der Waals surface area (Å²) in [6.45, 7) is 1.95. The fourth-order valence-corrected chi connectivity index (χ4v) is 3.11. The number of nitrogens with zero attached hydrogens (tertiary/aromatic N) is 1. The molecule has 104 valence electrons. The molecule has 1 aliphatic carbocycles. The average Bonchev–Trinajstić information content (AvgIpc) is 2.47. The van der Waals surface area contributed by atoms with E-state index in [9.17, 15) is 9.90 Å². The van der Waals surface area contributed by atoms with Crippen molar-refractivity contribution in [3.8, 4) is 0 Å². The van der Waals surface area contributed by atoms with Crippen LogP contribution < -0.4 is 5.73 Å². The van der Waals surface area contributed by atoms with Crippen LogP contribution in [0.4, 0.5) is 0 Å². The van der Waals surface area contributed by atoms with Gasteiger partial charge in [-0.15, -0.1) is 0 Å². The molecule has 0 bridgehead atoms. The predicted octanol–water partition coefficient (Wildman–Crippen LogP) is 0.115. The highest BCUT2D eigenvalue weighted by atomic mass is 16.5. The van der Waals surface area contributed by atoms with E-state index in [-0.39, 0.29) is 24.0 Å². The molecule has 1 unspecified atom stereocenters. The van der Waals surface area contributed by atoms with Gasteiger partial charge in [-0.25, -0.2) is 0 Å². The van der Waals surface area contributed by atoms with Gasteiger partial charge in [0.15, 0.2) is 0 Å².